The van der Waals surface area contributed by atoms with Crippen LogP contribution in [0.25, 0.3) is 10.2 Å². The molecule has 1 fully saturated rings. The number of aliphatic hydroxyl groups is 1. The van der Waals surface area contributed by atoms with E-state index in [1.54, 1.807) is 11.3 Å². The predicted octanol–water partition coefficient (Wildman–Crippen LogP) is 4.44. The average molecular weight is 424 g/mol. The minimum atomic E-state index is -5.03. The van der Waals surface area contributed by atoms with Gasteiger partial charge < -0.3 is 14.4 Å². The van der Waals surface area contributed by atoms with E-state index in [0.717, 1.165) is 27.6 Å². The largest absolute Gasteiger partial charge is 0.466 e. The number of rotatable bonds is 4. The standard InChI is InChI=1S/C20H19F3N2O3S/c21-20(22,23)19(27,16-6-3-11-28-16)12-17(26)25-9-7-13(8-10-25)18-24-14-4-1-2-5-15(14)29-18/h1-6,11,13,27H,7-10,12H2/t19-/m0/s1. The number of carbonyl (C=O) groups is 1. The number of benzene rings is 1. The van der Waals surface area contributed by atoms with Crippen LogP contribution in [0.3, 0.4) is 0 Å². The maximum Gasteiger partial charge on any atom is 0.425 e. The highest BCUT2D eigenvalue weighted by atomic mass is 32.1. The zero-order valence-electron chi connectivity index (χ0n) is 15.4. The van der Waals surface area contributed by atoms with E-state index in [4.69, 9.17) is 4.42 Å². The third kappa shape index (κ3) is 3.76. The Hall–Kier alpha value is -2.39. The van der Waals surface area contributed by atoms with E-state index >= 15 is 0 Å². The molecule has 4 rings (SSSR count). The number of amides is 1. The number of piperidine rings is 1. The topological polar surface area (TPSA) is 66.6 Å². The number of hydrogen-bond acceptors (Lipinski definition) is 5. The number of aromatic nitrogens is 1. The van der Waals surface area contributed by atoms with E-state index in [9.17, 15) is 23.1 Å². The summed E-state index contributed by atoms with van der Waals surface area (Å²) in [6, 6.07) is 10.1. The van der Waals surface area contributed by atoms with E-state index in [2.05, 4.69) is 4.98 Å². The van der Waals surface area contributed by atoms with Crippen molar-refractivity contribution in [1.29, 1.82) is 0 Å². The van der Waals surface area contributed by atoms with E-state index in [1.165, 1.54) is 11.0 Å². The first-order valence-electron chi connectivity index (χ1n) is 9.24. The van der Waals surface area contributed by atoms with E-state index in [-0.39, 0.29) is 5.92 Å². The van der Waals surface area contributed by atoms with Gasteiger partial charge in [-0.2, -0.15) is 13.2 Å². The summed E-state index contributed by atoms with van der Waals surface area (Å²) in [5.41, 5.74) is -2.41. The van der Waals surface area contributed by atoms with Gasteiger partial charge in [-0.1, -0.05) is 12.1 Å². The Morgan fingerprint density at radius 3 is 2.55 bits per heavy atom. The zero-order valence-corrected chi connectivity index (χ0v) is 16.2. The van der Waals surface area contributed by atoms with Crippen molar-refractivity contribution in [1.82, 2.24) is 9.88 Å². The lowest BCUT2D eigenvalue weighted by Crippen LogP contribution is -2.48. The molecule has 9 heteroatoms. The van der Waals surface area contributed by atoms with Gasteiger partial charge in [0.15, 0.2) is 0 Å². The molecule has 1 aliphatic heterocycles. The number of halogens is 3. The zero-order chi connectivity index (χ0) is 20.6. The number of para-hydroxylation sites is 1. The molecule has 0 saturated carbocycles. The average Bonchev–Trinajstić information content (AvgIpc) is 3.37. The van der Waals surface area contributed by atoms with Gasteiger partial charge in [-0.25, -0.2) is 4.98 Å². The van der Waals surface area contributed by atoms with Gasteiger partial charge in [-0.3, -0.25) is 4.79 Å². The molecule has 3 heterocycles. The SMILES string of the molecule is O=C(C[C@](O)(c1ccco1)C(F)(F)F)N1CCC(c2nc3ccccc3s2)CC1. The van der Waals surface area contributed by atoms with Gasteiger partial charge in [0.1, 0.15) is 5.76 Å². The van der Waals surface area contributed by atoms with Crippen LogP contribution in [0.2, 0.25) is 0 Å². The lowest BCUT2D eigenvalue weighted by molar-refractivity contribution is -0.274. The van der Waals surface area contributed by atoms with Crippen molar-refractivity contribution in [3.05, 3.63) is 53.4 Å². The summed E-state index contributed by atoms with van der Waals surface area (Å²) >= 11 is 1.61. The summed E-state index contributed by atoms with van der Waals surface area (Å²) in [6.45, 7) is 0.650. The minimum absolute atomic E-state index is 0.169. The lowest BCUT2D eigenvalue weighted by Gasteiger charge is -2.34. The fraction of sp³-hybridized carbons (Fsp3) is 0.400. The van der Waals surface area contributed by atoms with Gasteiger partial charge >= 0.3 is 6.18 Å². The molecule has 0 spiro atoms. The summed E-state index contributed by atoms with van der Waals surface area (Å²) in [5, 5.41) is 11.2. The maximum atomic E-state index is 13.5. The second-order valence-corrected chi connectivity index (χ2v) is 8.25. The third-order valence-electron chi connectivity index (χ3n) is 5.31. The first kappa shape index (κ1) is 19.9. The summed E-state index contributed by atoms with van der Waals surface area (Å²) in [4.78, 5) is 18.6. The molecule has 154 valence electrons. The number of alkyl halides is 3. The molecular formula is C20H19F3N2O3S. The van der Waals surface area contributed by atoms with Crippen LogP contribution in [0.15, 0.2) is 47.1 Å². The van der Waals surface area contributed by atoms with Crippen molar-refractivity contribution in [2.24, 2.45) is 0 Å². The second-order valence-electron chi connectivity index (χ2n) is 7.19. The monoisotopic (exact) mass is 424 g/mol. The summed E-state index contributed by atoms with van der Waals surface area (Å²) in [5.74, 6) is -1.25. The van der Waals surface area contributed by atoms with Crippen LogP contribution in [0.1, 0.15) is 35.9 Å². The molecular weight excluding hydrogens is 405 g/mol. The molecule has 1 amide bonds. The Labute approximate surface area is 168 Å². The van der Waals surface area contributed by atoms with E-state index in [1.807, 2.05) is 24.3 Å². The van der Waals surface area contributed by atoms with Crippen molar-refractivity contribution in [2.45, 2.75) is 37.0 Å². The number of thiazole rings is 1. The predicted molar refractivity (Wildman–Crippen MR) is 101 cm³/mol. The number of likely N-dealkylation sites (tertiary alicyclic amines) is 1. The number of fused-ring (bicyclic) bond motifs is 1. The van der Waals surface area contributed by atoms with Crippen molar-refractivity contribution in [2.75, 3.05) is 13.1 Å². The Balaban J connectivity index is 1.43. The van der Waals surface area contributed by atoms with Crippen molar-refractivity contribution in [3.8, 4) is 0 Å². The minimum Gasteiger partial charge on any atom is -0.466 e. The molecule has 1 saturated heterocycles. The number of nitrogens with zero attached hydrogens (tertiary/aromatic N) is 2. The van der Waals surface area contributed by atoms with Crippen LogP contribution in [0.4, 0.5) is 13.2 Å². The van der Waals surface area contributed by atoms with Gasteiger partial charge in [0.05, 0.1) is 27.9 Å². The van der Waals surface area contributed by atoms with Crippen LogP contribution in [-0.2, 0) is 10.4 Å². The Morgan fingerprint density at radius 1 is 1.21 bits per heavy atom. The molecule has 29 heavy (non-hydrogen) atoms. The normalized spacial score (nSPS) is 18.1. The number of furan rings is 1. The first-order chi connectivity index (χ1) is 13.8. The molecule has 0 bridgehead atoms. The molecule has 3 aromatic rings. The van der Waals surface area contributed by atoms with Crippen molar-refractivity contribution >= 4 is 27.5 Å². The summed E-state index contributed by atoms with van der Waals surface area (Å²) < 4.78 is 46.3. The summed E-state index contributed by atoms with van der Waals surface area (Å²) in [7, 11) is 0. The fourth-order valence-corrected chi connectivity index (χ4v) is 4.75. The van der Waals surface area contributed by atoms with Crippen LogP contribution < -0.4 is 0 Å². The maximum absolute atomic E-state index is 13.5. The Kier molecular flexibility index (Phi) is 5.12. The molecule has 1 aliphatic rings. The highest BCUT2D eigenvalue weighted by molar-refractivity contribution is 7.18. The molecule has 0 radical (unpaired) electrons. The molecule has 0 aliphatic carbocycles. The van der Waals surface area contributed by atoms with Gasteiger partial charge in [0.2, 0.25) is 11.5 Å². The molecule has 0 unspecified atom stereocenters. The van der Waals surface area contributed by atoms with Crippen LogP contribution in [0.5, 0.6) is 0 Å². The third-order valence-corrected chi connectivity index (χ3v) is 6.51. The highest BCUT2D eigenvalue weighted by Crippen LogP contribution is 2.42. The van der Waals surface area contributed by atoms with Crippen LogP contribution >= 0.6 is 11.3 Å². The fourth-order valence-electron chi connectivity index (χ4n) is 3.61. The van der Waals surface area contributed by atoms with Crippen molar-refractivity contribution < 1.29 is 27.5 Å². The molecule has 1 aromatic carbocycles. The Morgan fingerprint density at radius 2 is 1.93 bits per heavy atom. The van der Waals surface area contributed by atoms with Crippen LogP contribution in [0, 0.1) is 0 Å². The van der Waals surface area contributed by atoms with E-state index < -0.39 is 29.9 Å². The van der Waals surface area contributed by atoms with Gasteiger partial charge in [-0.05, 0) is 37.1 Å². The number of carbonyl (C=O) groups excluding carboxylic acids is 1. The lowest BCUT2D eigenvalue weighted by atomic mass is 9.93. The second kappa shape index (κ2) is 7.46. The van der Waals surface area contributed by atoms with Crippen molar-refractivity contribution in [3.63, 3.8) is 0 Å². The van der Waals surface area contributed by atoms with E-state index in [0.29, 0.717) is 25.9 Å². The van der Waals surface area contributed by atoms with Gasteiger partial charge in [0, 0.05) is 19.0 Å². The number of hydrogen-bond donors (Lipinski definition) is 1. The molecule has 2 aromatic heterocycles. The van der Waals surface area contributed by atoms with Crippen LogP contribution in [-0.4, -0.2) is 40.2 Å². The van der Waals surface area contributed by atoms with Gasteiger partial charge in [0.25, 0.3) is 0 Å². The molecule has 1 atom stereocenters. The van der Waals surface area contributed by atoms with Gasteiger partial charge in [-0.15, -0.1) is 11.3 Å². The quantitative estimate of drug-likeness (QED) is 0.673. The first-order valence-corrected chi connectivity index (χ1v) is 10.1. The molecule has 1 N–H and O–H groups in total. The smallest absolute Gasteiger partial charge is 0.425 e. The Bertz CT molecular complexity index is 961. The highest BCUT2D eigenvalue weighted by Gasteiger charge is 2.58. The summed E-state index contributed by atoms with van der Waals surface area (Å²) in [6.07, 6.45) is -3.84. The molecule has 5 nitrogen and oxygen atoms in total.